The Morgan fingerprint density at radius 2 is 1.98 bits per heavy atom. The van der Waals surface area contributed by atoms with E-state index in [-0.39, 0.29) is 19.0 Å². The lowest BCUT2D eigenvalue weighted by Gasteiger charge is -2.53. The number of halogens is 2. The summed E-state index contributed by atoms with van der Waals surface area (Å²) in [4.78, 5) is 40.4. The zero-order valence-electron chi connectivity index (χ0n) is 28.9. The molecule has 7 heterocycles. The number of ether oxygens (including phenoxy) is 4. The van der Waals surface area contributed by atoms with Gasteiger partial charge in [-0.1, -0.05) is 12.1 Å². The van der Waals surface area contributed by atoms with Gasteiger partial charge >= 0.3 is 12.1 Å². The summed E-state index contributed by atoms with van der Waals surface area (Å²) in [6.45, 7) is 10.4. The van der Waals surface area contributed by atoms with Crippen molar-refractivity contribution in [2.75, 3.05) is 55.8 Å². The van der Waals surface area contributed by atoms with Gasteiger partial charge in [0, 0.05) is 37.9 Å². The second-order valence-corrected chi connectivity index (χ2v) is 15.3. The van der Waals surface area contributed by atoms with Crippen LogP contribution in [0.15, 0.2) is 48.0 Å². The van der Waals surface area contributed by atoms with Gasteiger partial charge in [-0.25, -0.2) is 28.3 Å². The first-order chi connectivity index (χ1) is 24.3. The third-order valence-electron chi connectivity index (χ3n) is 9.71. The second kappa shape index (κ2) is 13.7. The van der Waals surface area contributed by atoms with E-state index in [1.807, 2.05) is 44.4 Å². The molecule has 0 unspecified atom stereocenters. The Labute approximate surface area is 298 Å². The Balaban J connectivity index is 1.18. The van der Waals surface area contributed by atoms with Crippen molar-refractivity contribution in [3.05, 3.63) is 59.2 Å². The lowest BCUT2D eigenvalue weighted by Crippen LogP contribution is -2.68. The van der Waals surface area contributed by atoms with Crippen LogP contribution in [-0.2, 0) is 19.0 Å². The number of carboxylic acids is 1. The minimum atomic E-state index is -2.84. The second-order valence-electron chi connectivity index (χ2n) is 14.3. The van der Waals surface area contributed by atoms with Crippen LogP contribution in [0, 0.1) is 0 Å². The minimum Gasteiger partial charge on any atom is -0.480 e. The molecule has 4 aliphatic rings. The molecule has 1 spiro atoms. The minimum absolute atomic E-state index is 0.0951. The maximum atomic E-state index is 14.0. The molecule has 0 bridgehead atoms. The van der Waals surface area contributed by atoms with Gasteiger partial charge in [0.15, 0.2) is 0 Å². The summed E-state index contributed by atoms with van der Waals surface area (Å²) in [6, 6.07) is 7.38. The molecular formula is C36H41F2N5O7S. The van der Waals surface area contributed by atoms with Crippen LogP contribution in [-0.4, -0.2) is 107 Å². The molecule has 4 aliphatic heterocycles. The molecule has 51 heavy (non-hydrogen) atoms. The number of rotatable bonds is 8. The summed E-state index contributed by atoms with van der Waals surface area (Å²) < 4.78 is 51.9. The molecule has 272 valence electrons. The quantitative estimate of drug-likeness (QED) is 0.299. The average molecular weight is 726 g/mol. The molecule has 0 aliphatic carbocycles. The molecule has 15 heteroatoms. The fraction of sp³-hybridized carbons (Fsp3) is 0.500. The number of amides is 1. The standard InChI is InChI=1S/C36H41F2N5O7S/c1-21-36(19-47-20-36)48-10-9-42(21)28-12-23(22-7-8-41(17-22)34(46)50-35(2,3)4)16-39-32(28)49-25-15-29(33(44)45)43(18-25)24-13-26(30-6-5-11-51-30)40-27(14-24)31(37)38/h5-7,11-14,16,21,25,29,31H,8-10,15,17-20H2,1-4H3,(H,44,45)/t21-,25-,29-/m0/s1. The SMILES string of the molecule is C[C@@H]1N(c2cc(C3=CCN(C(=O)OC(C)(C)C)C3)cnc2O[C@H]2C[C@@H](C(=O)O)N(c3cc(-c4cccs4)nc(C(F)F)c3)C2)CCOC12COC2. The normalized spacial score (nSPS) is 23.1. The number of anilines is 2. The number of aliphatic carboxylic acids is 1. The van der Waals surface area contributed by atoms with Gasteiger partial charge in [0.05, 0.1) is 43.0 Å². The summed E-state index contributed by atoms with van der Waals surface area (Å²) in [6.07, 6.45) is -0.0741. The predicted octanol–water partition coefficient (Wildman–Crippen LogP) is 5.88. The van der Waals surface area contributed by atoms with Crippen LogP contribution < -0.4 is 14.5 Å². The van der Waals surface area contributed by atoms with Crippen LogP contribution in [0.3, 0.4) is 0 Å². The highest BCUT2D eigenvalue weighted by atomic mass is 32.1. The number of carboxylic acid groups (broad SMARTS) is 1. The van der Waals surface area contributed by atoms with Gasteiger partial charge < -0.3 is 38.8 Å². The highest BCUT2D eigenvalue weighted by Gasteiger charge is 2.50. The van der Waals surface area contributed by atoms with Crippen LogP contribution in [0.25, 0.3) is 16.1 Å². The molecular weight excluding hydrogens is 684 g/mol. The van der Waals surface area contributed by atoms with E-state index in [1.54, 1.807) is 28.1 Å². The maximum Gasteiger partial charge on any atom is 0.410 e. The summed E-state index contributed by atoms with van der Waals surface area (Å²) in [5.41, 5.74) is 1.60. The van der Waals surface area contributed by atoms with Gasteiger partial charge in [-0.3, -0.25) is 0 Å². The zero-order chi connectivity index (χ0) is 36.1. The molecule has 3 fully saturated rings. The summed E-state index contributed by atoms with van der Waals surface area (Å²) >= 11 is 1.37. The molecule has 0 saturated carbocycles. The van der Waals surface area contributed by atoms with Crippen LogP contribution >= 0.6 is 11.3 Å². The van der Waals surface area contributed by atoms with Crippen molar-refractivity contribution in [2.45, 2.75) is 69.9 Å². The molecule has 3 saturated heterocycles. The van der Waals surface area contributed by atoms with Gasteiger partial charge in [0.2, 0.25) is 5.88 Å². The summed E-state index contributed by atoms with van der Waals surface area (Å²) in [7, 11) is 0. The van der Waals surface area contributed by atoms with Crippen molar-refractivity contribution in [2.24, 2.45) is 0 Å². The Hall–Kier alpha value is -4.34. The fourth-order valence-corrected chi connectivity index (χ4v) is 7.66. The van der Waals surface area contributed by atoms with Gasteiger partial charge in [-0.05, 0) is 68.5 Å². The van der Waals surface area contributed by atoms with Crippen molar-refractivity contribution >= 4 is 40.3 Å². The van der Waals surface area contributed by atoms with Gasteiger partial charge in [-0.2, -0.15) is 0 Å². The summed E-state index contributed by atoms with van der Waals surface area (Å²) in [5.74, 6) is -0.766. The Bertz CT molecular complexity index is 1810. The molecule has 7 rings (SSSR count). The lowest BCUT2D eigenvalue weighted by molar-refractivity contribution is -0.228. The summed E-state index contributed by atoms with van der Waals surface area (Å²) in [5, 5.41) is 12.1. The molecule has 1 amide bonds. The van der Waals surface area contributed by atoms with Crippen LogP contribution in [0.5, 0.6) is 5.88 Å². The number of hydrogen-bond donors (Lipinski definition) is 1. The molecule has 0 radical (unpaired) electrons. The van der Waals surface area contributed by atoms with Crippen molar-refractivity contribution in [1.29, 1.82) is 0 Å². The third-order valence-corrected chi connectivity index (χ3v) is 10.6. The monoisotopic (exact) mass is 725 g/mol. The molecule has 12 nitrogen and oxygen atoms in total. The van der Waals surface area contributed by atoms with Gasteiger partial charge in [0.25, 0.3) is 6.43 Å². The number of nitrogens with zero attached hydrogens (tertiary/aromatic N) is 5. The van der Waals surface area contributed by atoms with E-state index in [4.69, 9.17) is 23.9 Å². The Morgan fingerprint density at radius 3 is 2.65 bits per heavy atom. The number of carbonyl (C=O) groups is 2. The van der Waals surface area contributed by atoms with Crippen molar-refractivity contribution < 1.29 is 42.4 Å². The van der Waals surface area contributed by atoms with Crippen LogP contribution in [0.2, 0.25) is 0 Å². The number of thiophene rings is 1. The predicted molar refractivity (Wildman–Crippen MR) is 187 cm³/mol. The number of hydrogen-bond acceptors (Lipinski definition) is 11. The fourth-order valence-electron chi connectivity index (χ4n) is 6.97. The van der Waals surface area contributed by atoms with E-state index in [0.717, 1.165) is 11.1 Å². The van der Waals surface area contributed by atoms with E-state index in [1.165, 1.54) is 17.4 Å². The Kier molecular flexibility index (Phi) is 9.39. The molecule has 1 N–H and O–H groups in total. The van der Waals surface area contributed by atoms with E-state index in [9.17, 15) is 23.5 Å². The van der Waals surface area contributed by atoms with Crippen LogP contribution in [0.4, 0.5) is 25.0 Å². The van der Waals surface area contributed by atoms with E-state index >= 15 is 0 Å². The molecule has 3 atom stereocenters. The number of pyridine rings is 2. The van der Waals surface area contributed by atoms with Crippen molar-refractivity contribution in [1.82, 2.24) is 14.9 Å². The van der Waals surface area contributed by atoms with Crippen molar-refractivity contribution in [3.63, 3.8) is 0 Å². The number of aromatic nitrogens is 2. The molecule has 0 aromatic carbocycles. The van der Waals surface area contributed by atoms with Crippen LogP contribution in [0.1, 0.15) is 51.8 Å². The van der Waals surface area contributed by atoms with Gasteiger partial charge in [0.1, 0.15) is 34.7 Å². The molecule has 3 aromatic rings. The maximum absolute atomic E-state index is 14.0. The zero-order valence-corrected chi connectivity index (χ0v) is 29.7. The highest BCUT2D eigenvalue weighted by molar-refractivity contribution is 7.13. The lowest BCUT2D eigenvalue weighted by atomic mass is 9.90. The topological polar surface area (TPSA) is 127 Å². The van der Waals surface area contributed by atoms with E-state index < -0.39 is 47.5 Å². The Morgan fingerprint density at radius 1 is 1.18 bits per heavy atom. The third kappa shape index (κ3) is 7.11. The first-order valence-electron chi connectivity index (χ1n) is 17.0. The first-order valence-corrected chi connectivity index (χ1v) is 17.8. The largest absolute Gasteiger partial charge is 0.480 e. The van der Waals surface area contributed by atoms with E-state index in [0.29, 0.717) is 67.3 Å². The molecule has 3 aromatic heterocycles. The number of alkyl halides is 2. The smallest absolute Gasteiger partial charge is 0.410 e. The van der Waals surface area contributed by atoms with Crippen molar-refractivity contribution in [3.8, 4) is 16.5 Å². The first kappa shape index (κ1) is 35.1. The van der Waals surface area contributed by atoms with Gasteiger partial charge in [-0.15, -0.1) is 11.3 Å². The van der Waals surface area contributed by atoms with E-state index in [2.05, 4.69) is 16.8 Å². The average Bonchev–Trinajstić information content (AvgIpc) is 3.85. The number of morpholine rings is 1. The number of carbonyl (C=O) groups excluding carboxylic acids is 1. The highest BCUT2D eigenvalue weighted by Crippen LogP contribution is 2.41.